The van der Waals surface area contributed by atoms with Crippen molar-refractivity contribution in [3.63, 3.8) is 0 Å². The number of nitrogens with zero attached hydrogens (tertiary/aromatic N) is 1. The molecule has 2 unspecified atom stereocenters. The van der Waals surface area contributed by atoms with Crippen LogP contribution in [0.3, 0.4) is 0 Å². The predicted molar refractivity (Wildman–Crippen MR) is 68.8 cm³/mol. The number of likely N-dealkylation sites (tertiary alicyclic amines) is 1. The van der Waals surface area contributed by atoms with Crippen LogP contribution < -0.4 is 0 Å². The van der Waals surface area contributed by atoms with E-state index in [-0.39, 0.29) is 6.10 Å². The summed E-state index contributed by atoms with van der Waals surface area (Å²) in [7, 11) is 0. The normalized spacial score (nSPS) is 23.8. The maximum Gasteiger partial charge on any atom is 0.0527 e. The first kappa shape index (κ1) is 12.1. The zero-order valence-electron chi connectivity index (χ0n) is 10.1. The van der Waals surface area contributed by atoms with Crippen LogP contribution in [-0.4, -0.2) is 28.7 Å². The lowest BCUT2D eigenvalue weighted by atomic mass is 10.1. The summed E-state index contributed by atoms with van der Waals surface area (Å²) in [6.07, 6.45) is 3.27. The minimum atomic E-state index is -0.171. The summed E-state index contributed by atoms with van der Waals surface area (Å²) in [5.41, 5.74) is 1.41. The summed E-state index contributed by atoms with van der Waals surface area (Å²) in [5.74, 6) is 0. The molecule has 0 aromatic carbocycles. The highest BCUT2D eigenvalue weighted by Crippen LogP contribution is 2.26. The van der Waals surface area contributed by atoms with Gasteiger partial charge in [0.05, 0.1) is 6.10 Å². The third kappa shape index (κ3) is 2.84. The molecular weight excluding hydrogens is 218 g/mol. The molecule has 16 heavy (non-hydrogen) atoms. The molecule has 90 valence electrons. The average molecular weight is 239 g/mol. The maximum atomic E-state index is 9.49. The SMILES string of the molecule is Cc1ccsc1CN1CCCC1CC(C)O. The maximum absolute atomic E-state index is 9.49. The Balaban J connectivity index is 1.96. The number of aryl methyl sites for hydroxylation is 1. The van der Waals surface area contributed by atoms with E-state index in [2.05, 4.69) is 23.3 Å². The molecule has 2 rings (SSSR count). The second kappa shape index (κ2) is 5.30. The van der Waals surface area contributed by atoms with Crippen molar-refractivity contribution in [1.82, 2.24) is 4.90 Å². The number of rotatable bonds is 4. The fourth-order valence-corrected chi connectivity index (χ4v) is 3.45. The molecule has 0 amide bonds. The largest absolute Gasteiger partial charge is 0.393 e. The Morgan fingerprint density at radius 1 is 1.62 bits per heavy atom. The zero-order valence-corrected chi connectivity index (χ0v) is 11.0. The van der Waals surface area contributed by atoms with E-state index in [0.717, 1.165) is 13.0 Å². The third-order valence-electron chi connectivity index (χ3n) is 3.43. The van der Waals surface area contributed by atoms with Crippen molar-refractivity contribution in [2.45, 2.75) is 51.8 Å². The highest BCUT2D eigenvalue weighted by molar-refractivity contribution is 7.10. The summed E-state index contributed by atoms with van der Waals surface area (Å²) >= 11 is 1.85. The molecule has 1 aromatic heterocycles. The van der Waals surface area contributed by atoms with E-state index >= 15 is 0 Å². The highest BCUT2D eigenvalue weighted by atomic mass is 32.1. The lowest BCUT2D eigenvalue weighted by molar-refractivity contribution is 0.131. The Labute approximate surface area is 102 Å². The van der Waals surface area contributed by atoms with Gasteiger partial charge in [-0.15, -0.1) is 11.3 Å². The summed E-state index contributed by atoms with van der Waals surface area (Å²) < 4.78 is 0. The third-order valence-corrected chi connectivity index (χ3v) is 4.43. The topological polar surface area (TPSA) is 23.5 Å². The van der Waals surface area contributed by atoms with Crippen LogP contribution in [0.25, 0.3) is 0 Å². The standard InChI is InChI=1S/C13H21NOS/c1-10-5-7-16-13(10)9-14-6-3-4-12(14)8-11(2)15/h5,7,11-12,15H,3-4,6,8-9H2,1-2H3. The van der Waals surface area contributed by atoms with Gasteiger partial charge in [0, 0.05) is 17.5 Å². The Bertz CT molecular complexity index is 334. The second-order valence-corrected chi connectivity index (χ2v) is 5.88. The molecule has 1 aliphatic heterocycles. The van der Waals surface area contributed by atoms with Gasteiger partial charge in [0.2, 0.25) is 0 Å². The van der Waals surface area contributed by atoms with Crippen molar-refractivity contribution in [3.8, 4) is 0 Å². The highest BCUT2D eigenvalue weighted by Gasteiger charge is 2.25. The zero-order chi connectivity index (χ0) is 11.5. The fourth-order valence-electron chi connectivity index (χ4n) is 2.51. The predicted octanol–water partition coefficient (Wildman–Crippen LogP) is 2.79. The molecular formula is C13H21NOS. The van der Waals surface area contributed by atoms with Crippen LogP contribution >= 0.6 is 11.3 Å². The van der Waals surface area contributed by atoms with Gasteiger partial charge >= 0.3 is 0 Å². The minimum Gasteiger partial charge on any atom is -0.393 e. The Morgan fingerprint density at radius 2 is 2.44 bits per heavy atom. The van der Waals surface area contributed by atoms with Crippen molar-refractivity contribution in [1.29, 1.82) is 0 Å². The quantitative estimate of drug-likeness (QED) is 0.873. The van der Waals surface area contributed by atoms with Crippen molar-refractivity contribution in [2.75, 3.05) is 6.54 Å². The molecule has 0 bridgehead atoms. The van der Waals surface area contributed by atoms with Crippen molar-refractivity contribution in [2.24, 2.45) is 0 Å². The van der Waals surface area contributed by atoms with Crippen LogP contribution in [-0.2, 0) is 6.54 Å². The van der Waals surface area contributed by atoms with Gasteiger partial charge in [-0.25, -0.2) is 0 Å². The van der Waals surface area contributed by atoms with Crippen LogP contribution in [0, 0.1) is 6.92 Å². The fraction of sp³-hybridized carbons (Fsp3) is 0.692. The van der Waals surface area contributed by atoms with E-state index < -0.39 is 0 Å². The molecule has 0 radical (unpaired) electrons. The molecule has 1 aliphatic rings. The van der Waals surface area contributed by atoms with Gasteiger partial charge in [-0.3, -0.25) is 4.90 Å². The monoisotopic (exact) mass is 239 g/mol. The van der Waals surface area contributed by atoms with Crippen molar-refractivity contribution in [3.05, 3.63) is 21.9 Å². The molecule has 0 aliphatic carbocycles. The minimum absolute atomic E-state index is 0.171. The Morgan fingerprint density at radius 3 is 3.06 bits per heavy atom. The molecule has 2 nitrogen and oxygen atoms in total. The number of hydrogen-bond donors (Lipinski definition) is 1. The number of hydrogen-bond acceptors (Lipinski definition) is 3. The van der Waals surface area contributed by atoms with Crippen LogP contribution in [0.2, 0.25) is 0 Å². The summed E-state index contributed by atoms with van der Waals surface area (Å²) in [6, 6.07) is 2.78. The first-order chi connectivity index (χ1) is 7.66. The molecule has 0 saturated carbocycles. The molecule has 3 heteroatoms. The number of thiophene rings is 1. The molecule has 2 heterocycles. The average Bonchev–Trinajstić information content (AvgIpc) is 2.78. The van der Waals surface area contributed by atoms with Gasteiger partial charge in [0.25, 0.3) is 0 Å². The van der Waals surface area contributed by atoms with Gasteiger partial charge in [-0.1, -0.05) is 0 Å². The second-order valence-electron chi connectivity index (χ2n) is 4.88. The van der Waals surface area contributed by atoms with Crippen LogP contribution in [0.4, 0.5) is 0 Å². The first-order valence-corrected chi connectivity index (χ1v) is 7.00. The molecule has 1 saturated heterocycles. The van der Waals surface area contributed by atoms with E-state index in [1.807, 2.05) is 18.3 Å². The number of aliphatic hydroxyl groups excluding tert-OH is 1. The molecule has 1 N–H and O–H groups in total. The van der Waals surface area contributed by atoms with Gasteiger partial charge < -0.3 is 5.11 Å². The number of aliphatic hydroxyl groups is 1. The summed E-state index contributed by atoms with van der Waals surface area (Å²) in [5, 5.41) is 11.7. The lowest BCUT2D eigenvalue weighted by Crippen LogP contribution is -2.31. The van der Waals surface area contributed by atoms with Crippen LogP contribution in [0.1, 0.15) is 36.6 Å². The summed E-state index contributed by atoms with van der Waals surface area (Å²) in [4.78, 5) is 4.02. The Kier molecular flexibility index (Phi) is 4.00. The summed E-state index contributed by atoms with van der Waals surface area (Å²) in [6.45, 7) is 6.34. The van der Waals surface area contributed by atoms with Gasteiger partial charge in [-0.05, 0) is 56.7 Å². The van der Waals surface area contributed by atoms with E-state index in [1.165, 1.54) is 29.8 Å². The van der Waals surface area contributed by atoms with Gasteiger partial charge in [0.1, 0.15) is 0 Å². The van der Waals surface area contributed by atoms with Crippen LogP contribution in [0.5, 0.6) is 0 Å². The van der Waals surface area contributed by atoms with E-state index in [0.29, 0.717) is 6.04 Å². The van der Waals surface area contributed by atoms with Gasteiger partial charge in [-0.2, -0.15) is 0 Å². The van der Waals surface area contributed by atoms with Crippen molar-refractivity contribution < 1.29 is 5.11 Å². The molecule has 1 aromatic rings. The lowest BCUT2D eigenvalue weighted by Gasteiger charge is -2.25. The molecule has 2 atom stereocenters. The van der Waals surface area contributed by atoms with Crippen molar-refractivity contribution >= 4 is 11.3 Å². The molecule has 0 spiro atoms. The van der Waals surface area contributed by atoms with E-state index in [9.17, 15) is 5.11 Å². The van der Waals surface area contributed by atoms with Gasteiger partial charge in [0.15, 0.2) is 0 Å². The van der Waals surface area contributed by atoms with Crippen LogP contribution in [0.15, 0.2) is 11.4 Å². The van der Waals surface area contributed by atoms with E-state index in [1.54, 1.807) is 0 Å². The first-order valence-electron chi connectivity index (χ1n) is 6.12. The molecule has 1 fully saturated rings. The smallest absolute Gasteiger partial charge is 0.0527 e. The Hall–Kier alpha value is -0.380. The van der Waals surface area contributed by atoms with E-state index in [4.69, 9.17) is 0 Å².